The molecule has 122 valence electrons. The van der Waals surface area contributed by atoms with Crippen LogP contribution in [0, 0.1) is 3.70 Å². The minimum atomic E-state index is 0.256. The topological polar surface area (TPSA) is 17.8 Å². The van der Waals surface area contributed by atoms with E-state index in [2.05, 4.69) is 64.4 Å². The number of hydrogen-bond acceptors (Lipinski definition) is 1. The second-order valence-corrected chi connectivity index (χ2v) is 8.18. The van der Waals surface area contributed by atoms with Crippen molar-refractivity contribution in [2.75, 3.05) is 0 Å². The number of nitrogens with zero attached hydrogens (tertiary/aromatic N) is 2. The molecular formula is C17H30BrIN2. The molecule has 0 N–H and O–H groups in total. The average molecular weight is 469 g/mol. The summed E-state index contributed by atoms with van der Waals surface area (Å²) in [5.74, 6) is 0. The third-order valence-corrected chi connectivity index (χ3v) is 6.12. The van der Waals surface area contributed by atoms with Crippen LogP contribution >= 0.6 is 38.5 Å². The van der Waals surface area contributed by atoms with Crippen LogP contribution in [0.15, 0.2) is 4.60 Å². The summed E-state index contributed by atoms with van der Waals surface area (Å²) < 4.78 is 4.30. The summed E-state index contributed by atoms with van der Waals surface area (Å²) >= 11 is 6.16. The fraction of sp³-hybridized carbons (Fsp3) is 0.824. The predicted octanol–water partition coefficient (Wildman–Crippen LogP) is 6.60. The Hall–Kier alpha value is 0.420. The van der Waals surface area contributed by atoms with Crippen molar-refractivity contribution in [3.8, 4) is 0 Å². The van der Waals surface area contributed by atoms with Gasteiger partial charge in [-0.25, -0.2) is 0 Å². The molecule has 0 spiro atoms. The lowest BCUT2D eigenvalue weighted by molar-refractivity contribution is 0.362. The maximum atomic E-state index is 4.61. The molecule has 1 atom stereocenters. The van der Waals surface area contributed by atoms with E-state index in [1.807, 2.05) is 11.7 Å². The van der Waals surface area contributed by atoms with E-state index in [1.54, 1.807) is 0 Å². The molecule has 21 heavy (non-hydrogen) atoms. The second-order valence-electron chi connectivity index (χ2n) is 6.41. The molecule has 1 rings (SSSR count). The zero-order chi connectivity index (χ0) is 15.9. The first-order valence-corrected chi connectivity index (χ1v) is 10.2. The average Bonchev–Trinajstić information content (AvgIpc) is 2.69. The number of aryl methyl sites for hydroxylation is 1. The normalized spacial score (nSPS) is 14.4. The molecule has 0 aliphatic heterocycles. The Kier molecular flexibility index (Phi) is 8.84. The van der Waals surface area contributed by atoms with Crippen molar-refractivity contribution in [2.24, 2.45) is 7.05 Å². The SMILES string of the molecule is CCCCCCC(C)(CCCCC)c1c(I)nn(C)c1Br. The predicted molar refractivity (Wildman–Crippen MR) is 104 cm³/mol. The van der Waals surface area contributed by atoms with Crippen molar-refractivity contribution < 1.29 is 0 Å². The third kappa shape index (κ3) is 5.52. The molecular weight excluding hydrogens is 439 g/mol. The van der Waals surface area contributed by atoms with Crippen LogP contribution in [0.3, 0.4) is 0 Å². The summed E-state index contributed by atoms with van der Waals surface area (Å²) in [6.45, 7) is 7.00. The molecule has 2 nitrogen and oxygen atoms in total. The third-order valence-electron chi connectivity index (χ3n) is 4.45. The molecule has 0 saturated heterocycles. The van der Waals surface area contributed by atoms with Crippen molar-refractivity contribution in [3.05, 3.63) is 13.9 Å². The highest BCUT2D eigenvalue weighted by molar-refractivity contribution is 14.1. The van der Waals surface area contributed by atoms with E-state index in [0.717, 1.165) is 3.70 Å². The fourth-order valence-electron chi connectivity index (χ4n) is 3.05. The molecule has 0 saturated carbocycles. The summed E-state index contributed by atoms with van der Waals surface area (Å²) in [6, 6.07) is 0. The van der Waals surface area contributed by atoms with Gasteiger partial charge in [0.1, 0.15) is 8.30 Å². The Balaban J connectivity index is 2.88. The highest BCUT2D eigenvalue weighted by Crippen LogP contribution is 2.41. The summed E-state index contributed by atoms with van der Waals surface area (Å²) in [7, 11) is 2.03. The number of hydrogen-bond donors (Lipinski definition) is 0. The zero-order valence-corrected chi connectivity index (χ0v) is 17.8. The van der Waals surface area contributed by atoms with E-state index in [1.165, 1.54) is 68.0 Å². The number of rotatable bonds is 10. The monoisotopic (exact) mass is 468 g/mol. The van der Waals surface area contributed by atoms with Gasteiger partial charge < -0.3 is 0 Å². The van der Waals surface area contributed by atoms with Crippen molar-refractivity contribution in [3.63, 3.8) is 0 Å². The Bertz CT molecular complexity index is 431. The van der Waals surface area contributed by atoms with E-state index >= 15 is 0 Å². The second kappa shape index (κ2) is 9.53. The molecule has 0 bridgehead atoms. The maximum Gasteiger partial charge on any atom is 0.128 e. The van der Waals surface area contributed by atoms with Gasteiger partial charge in [0, 0.05) is 12.6 Å². The molecule has 0 aliphatic carbocycles. The molecule has 1 unspecified atom stereocenters. The maximum absolute atomic E-state index is 4.61. The number of unbranched alkanes of at least 4 members (excludes halogenated alkanes) is 5. The van der Waals surface area contributed by atoms with Crippen LogP contribution in [0.2, 0.25) is 0 Å². The van der Waals surface area contributed by atoms with Gasteiger partial charge in [-0.1, -0.05) is 65.7 Å². The van der Waals surface area contributed by atoms with Crippen molar-refractivity contribution in [1.29, 1.82) is 0 Å². The van der Waals surface area contributed by atoms with Gasteiger partial charge in [0.2, 0.25) is 0 Å². The lowest BCUT2D eigenvalue weighted by atomic mass is 9.75. The van der Waals surface area contributed by atoms with Crippen molar-refractivity contribution in [2.45, 2.75) is 84.0 Å². The molecule has 1 aromatic rings. The van der Waals surface area contributed by atoms with Crippen LogP contribution in [0.25, 0.3) is 0 Å². The smallest absolute Gasteiger partial charge is 0.128 e. The van der Waals surface area contributed by atoms with Gasteiger partial charge in [-0.15, -0.1) is 0 Å². The van der Waals surface area contributed by atoms with Crippen molar-refractivity contribution >= 4 is 38.5 Å². The summed E-state index contributed by atoms with van der Waals surface area (Å²) in [4.78, 5) is 0. The van der Waals surface area contributed by atoms with Gasteiger partial charge in [-0.3, -0.25) is 4.68 Å². The fourth-order valence-corrected chi connectivity index (χ4v) is 5.40. The van der Waals surface area contributed by atoms with Crippen molar-refractivity contribution in [1.82, 2.24) is 9.78 Å². The van der Waals surface area contributed by atoms with Crippen LogP contribution < -0.4 is 0 Å². The first-order valence-electron chi connectivity index (χ1n) is 8.34. The van der Waals surface area contributed by atoms with Gasteiger partial charge in [0.15, 0.2) is 0 Å². The largest absolute Gasteiger partial charge is 0.260 e. The Labute approximate surface area is 152 Å². The first kappa shape index (κ1) is 19.5. The number of aromatic nitrogens is 2. The molecule has 1 heterocycles. The molecule has 0 aliphatic rings. The Morgan fingerprint density at radius 3 is 2.05 bits per heavy atom. The van der Waals surface area contributed by atoms with E-state index in [9.17, 15) is 0 Å². The lowest BCUT2D eigenvalue weighted by Crippen LogP contribution is -2.23. The summed E-state index contributed by atoms with van der Waals surface area (Å²) in [5.41, 5.74) is 1.69. The van der Waals surface area contributed by atoms with Gasteiger partial charge in [0.25, 0.3) is 0 Å². The van der Waals surface area contributed by atoms with Crippen LogP contribution in [-0.2, 0) is 12.5 Å². The van der Waals surface area contributed by atoms with Crippen LogP contribution in [0.1, 0.15) is 84.1 Å². The van der Waals surface area contributed by atoms with Gasteiger partial charge in [-0.05, 0) is 56.8 Å². The standard InChI is InChI=1S/C17H30BrIN2/c1-5-7-9-11-13-17(3,12-10-8-6-2)14-15(18)21(4)20-16(14)19/h5-13H2,1-4H3. The highest BCUT2D eigenvalue weighted by Gasteiger charge is 2.32. The molecule has 1 aromatic heterocycles. The molecule has 0 aromatic carbocycles. The first-order chi connectivity index (χ1) is 9.96. The van der Waals surface area contributed by atoms with Gasteiger partial charge >= 0.3 is 0 Å². The molecule has 4 heteroatoms. The van der Waals surface area contributed by atoms with E-state index in [0.29, 0.717) is 0 Å². The highest BCUT2D eigenvalue weighted by atomic mass is 127. The molecule has 0 radical (unpaired) electrons. The zero-order valence-electron chi connectivity index (χ0n) is 14.0. The van der Waals surface area contributed by atoms with E-state index in [-0.39, 0.29) is 5.41 Å². The number of halogens is 2. The summed E-state index contributed by atoms with van der Waals surface area (Å²) in [5, 5.41) is 4.61. The van der Waals surface area contributed by atoms with E-state index in [4.69, 9.17) is 0 Å². The quantitative estimate of drug-likeness (QED) is 0.279. The molecule has 0 amide bonds. The minimum Gasteiger partial charge on any atom is -0.260 e. The van der Waals surface area contributed by atoms with Crippen LogP contribution in [0.4, 0.5) is 0 Å². The van der Waals surface area contributed by atoms with E-state index < -0.39 is 0 Å². The summed E-state index contributed by atoms with van der Waals surface area (Å²) in [6.07, 6.45) is 11.8. The van der Waals surface area contributed by atoms with Crippen LogP contribution in [-0.4, -0.2) is 9.78 Å². The van der Waals surface area contributed by atoms with Gasteiger partial charge in [0.05, 0.1) is 0 Å². The molecule has 0 fully saturated rings. The lowest BCUT2D eigenvalue weighted by Gasteiger charge is -2.30. The Morgan fingerprint density at radius 1 is 1.05 bits per heavy atom. The minimum absolute atomic E-state index is 0.256. The van der Waals surface area contributed by atoms with Gasteiger partial charge in [-0.2, -0.15) is 5.10 Å². The van der Waals surface area contributed by atoms with Crippen LogP contribution in [0.5, 0.6) is 0 Å². The Morgan fingerprint density at radius 2 is 1.57 bits per heavy atom.